The molecule has 0 aliphatic carbocycles. The summed E-state index contributed by atoms with van der Waals surface area (Å²) < 4.78 is 21.2. The molecule has 15 nitrogen and oxygen atoms in total. The largest absolute Gasteiger partial charge is 2.00 e. The van der Waals surface area contributed by atoms with Gasteiger partial charge in [0, 0.05) is 0 Å². The number of hydrogen-bond donors (Lipinski definition) is 0. The van der Waals surface area contributed by atoms with Crippen LogP contribution in [0.25, 0.3) is 0 Å². The van der Waals surface area contributed by atoms with E-state index < -0.39 is 15.6 Å². The zero-order valence-corrected chi connectivity index (χ0v) is 15.9. The van der Waals surface area contributed by atoms with Crippen molar-refractivity contribution in [3.8, 4) is 0 Å². The Morgan fingerprint density at radius 1 is 0.500 bits per heavy atom. The van der Waals surface area contributed by atoms with Gasteiger partial charge in [-0.05, 0) is 0 Å². The zero-order valence-electron chi connectivity index (χ0n) is 9.87. The van der Waals surface area contributed by atoms with Crippen molar-refractivity contribution >= 4 is 84.8 Å². The molecule has 0 heterocycles. The van der Waals surface area contributed by atoms with E-state index in [1.165, 1.54) is 0 Å². The third-order valence-electron chi connectivity index (χ3n) is 0.200. The van der Waals surface area contributed by atoms with E-state index in [1.54, 1.807) is 0 Å². The van der Waals surface area contributed by atoms with Gasteiger partial charge in [0.15, 0.2) is 0 Å². The molecule has 120 valence electrons. The third-order valence-corrected chi connectivity index (χ3v) is 1.80. The van der Waals surface area contributed by atoms with Crippen LogP contribution in [0.1, 0.15) is 0 Å². The predicted octanol–water partition coefficient (Wildman–Crippen LogP) is -11.1. The Labute approximate surface area is 160 Å². The Balaban J connectivity index is -0.00000000582. The Morgan fingerprint density at radius 2 is 0.600 bits per heavy atom. The van der Waals surface area contributed by atoms with Gasteiger partial charge in [-0.25, -0.2) is 0 Å². The minimum Gasteiger partial charge on any atom is -0.790 e. The second-order valence-corrected chi connectivity index (χ2v) is 3.42. The van der Waals surface area contributed by atoms with E-state index in [0.717, 1.165) is 0 Å². The summed E-state index contributed by atoms with van der Waals surface area (Å²) in [6, 6.07) is 0. The average Bonchev–Trinajstić information content (AvgIpc) is 1.14. The molecule has 0 aromatic heterocycles. The van der Waals surface area contributed by atoms with Crippen LogP contribution >= 0.6 is 15.6 Å². The van der Waals surface area contributed by atoms with Crippen LogP contribution in [0.15, 0.2) is 0 Å². The normalized spacial score (nSPS) is 6.20. The molecule has 0 aliphatic heterocycles. The molecule has 0 aliphatic rings. The van der Waals surface area contributed by atoms with E-state index in [4.69, 9.17) is 0 Å². The van der Waals surface area contributed by atoms with Crippen molar-refractivity contribution in [2.45, 2.75) is 0 Å². The summed E-state index contributed by atoms with van der Waals surface area (Å²) in [7, 11) is -11.4. The summed E-state index contributed by atoms with van der Waals surface area (Å²) in [6.07, 6.45) is 0. The molecule has 0 amide bonds. The maximum atomic E-state index is 9.32. The molecule has 20 heavy (non-hydrogen) atoms. The third kappa shape index (κ3) is 110. The van der Waals surface area contributed by atoms with E-state index in [1.807, 2.05) is 0 Å². The molecule has 20 heteroatoms. The standard InChI is InChI=1S/3Mg.H4O7P2.8H2O/c;;;1-8(2,3)7-9(4,5)6;;;;;;;;/h;;;(H2,1,2,3)(H2,4,5,6);8*1H2/q3*+2;;;;;;;;;/p-4. The fraction of sp³-hybridized carbons (Fsp3) is 0. The van der Waals surface area contributed by atoms with E-state index in [2.05, 4.69) is 4.31 Å². The summed E-state index contributed by atoms with van der Waals surface area (Å²) >= 11 is 0. The number of rotatable bonds is 2. The zero-order chi connectivity index (χ0) is 7.71. The molecule has 0 saturated heterocycles. The Hall–Kier alpha value is 2.24. The molecular formula is H16Mg3O15P2+2. The first-order valence-electron chi connectivity index (χ1n) is 1.46. The summed E-state index contributed by atoms with van der Waals surface area (Å²) in [5, 5.41) is 0. The van der Waals surface area contributed by atoms with Gasteiger partial charge < -0.3 is 76.8 Å². The fourth-order valence-electron chi connectivity index (χ4n) is 0.122. The van der Waals surface area contributed by atoms with Gasteiger partial charge in [0.25, 0.3) is 0 Å². The summed E-state index contributed by atoms with van der Waals surface area (Å²) in [5.74, 6) is 0. The first-order chi connectivity index (χ1) is 3.71. The van der Waals surface area contributed by atoms with Gasteiger partial charge in [-0.2, -0.15) is 0 Å². The van der Waals surface area contributed by atoms with E-state index in [9.17, 15) is 28.7 Å². The van der Waals surface area contributed by atoms with Crippen molar-refractivity contribution in [1.82, 2.24) is 0 Å². The van der Waals surface area contributed by atoms with Crippen LogP contribution in [0.3, 0.4) is 0 Å². The summed E-state index contributed by atoms with van der Waals surface area (Å²) in [5.41, 5.74) is 0. The second-order valence-electron chi connectivity index (χ2n) is 0.976. The van der Waals surface area contributed by atoms with Crippen molar-refractivity contribution in [3.63, 3.8) is 0 Å². The van der Waals surface area contributed by atoms with Gasteiger partial charge in [-0.1, -0.05) is 0 Å². The first-order valence-corrected chi connectivity index (χ1v) is 4.38. The van der Waals surface area contributed by atoms with E-state index in [-0.39, 0.29) is 113 Å². The topological polar surface area (TPSA) is 388 Å². The molecule has 16 N–H and O–H groups in total. The number of hydrogen-bond acceptors (Lipinski definition) is 7. The molecule has 0 saturated carbocycles. The van der Waals surface area contributed by atoms with Crippen molar-refractivity contribution in [2.24, 2.45) is 0 Å². The Kier molecular flexibility index (Phi) is 179. The van der Waals surface area contributed by atoms with Crippen molar-refractivity contribution in [1.29, 1.82) is 0 Å². The molecule has 0 spiro atoms. The maximum Gasteiger partial charge on any atom is 2.00 e. The second kappa shape index (κ2) is 37.5. The fourth-order valence-corrected chi connectivity index (χ4v) is 1.10. The molecule has 0 unspecified atom stereocenters. The van der Waals surface area contributed by atoms with Gasteiger partial charge in [0.05, 0.1) is 15.6 Å². The summed E-state index contributed by atoms with van der Waals surface area (Å²) in [6.45, 7) is 0. The SMILES string of the molecule is O.O.O.O.O.O.O.O.O=P([O-])([O-])OP(=O)([O-])[O-].[Mg+2].[Mg+2].[Mg+2]. The van der Waals surface area contributed by atoms with E-state index >= 15 is 0 Å². The van der Waals surface area contributed by atoms with Gasteiger partial charge >= 0.3 is 69.2 Å². The monoisotopic (exact) mass is 390 g/mol. The molecule has 0 atom stereocenters. The molecule has 0 aromatic rings. The van der Waals surface area contributed by atoms with Gasteiger partial charge in [0.1, 0.15) is 0 Å². The molecule has 0 aromatic carbocycles. The quantitative estimate of drug-likeness (QED) is 0.322. The molecule has 0 radical (unpaired) electrons. The minimum atomic E-state index is -5.68. The van der Waals surface area contributed by atoms with Crippen LogP contribution in [0.2, 0.25) is 0 Å². The van der Waals surface area contributed by atoms with Crippen LogP contribution < -0.4 is 19.6 Å². The number of phosphoric acid groups is 2. The molecule has 0 bridgehead atoms. The van der Waals surface area contributed by atoms with Crippen LogP contribution in [0.4, 0.5) is 0 Å². The van der Waals surface area contributed by atoms with Crippen LogP contribution in [-0.4, -0.2) is 113 Å². The Bertz CT molecular complexity index is 162. The van der Waals surface area contributed by atoms with Crippen molar-refractivity contribution < 1.29 is 76.8 Å². The maximum absolute atomic E-state index is 9.32. The van der Waals surface area contributed by atoms with E-state index in [0.29, 0.717) is 0 Å². The van der Waals surface area contributed by atoms with Crippen LogP contribution in [-0.2, 0) is 13.4 Å². The Morgan fingerprint density at radius 3 is 0.600 bits per heavy atom. The average molecular weight is 391 g/mol. The molecule has 0 rings (SSSR count). The van der Waals surface area contributed by atoms with Crippen LogP contribution in [0.5, 0.6) is 0 Å². The smallest absolute Gasteiger partial charge is 0.790 e. The predicted molar refractivity (Wildman–Crippen MR) is 62.5 cm³/mol. The molecular weight excluding hydrogens is 375 g/mol. The van der Waals surface area contributed by atoms with Crippen LogP contribution in [0, 0.1) is 0 Å². The first kappa shape index (κ1) is 95.7. The van der Waals surface area contributed by atoms with Crippen molar-refractivity contribution in [3.05, 3.63) is 0 Å². The van der Waals surface area contributed by atoms with Gasteiger partial charge in [-0.3, -0.25) is 0 Å². The minimum absolute atomic E-state index is 0. The van der Waals surface area contributed by atoms with Gasteiger partial charge in [0.2, 0.25) is 0 Å². The molecule has 0 fully saturated rings. The van der Waals surface area contributed by atoms with Crippen molar-refractivity contribution in [2.75, 3.05) is 0 Å². The summed E-state index contributed by atoms with van der Waals surface area (Å²) in [4.78, 5) is 37.3. The van der Waals surface area contributed by atoms with Gasteiger partial charge in [-0.15, -0.1) is 0 Å².